The normalized spacial score (nSPS) is 14.3. The third kappa shape index (κ3) is 3.29. The smallest absolute Gasteiger partial charge is 0.255 e. The predicted molar refractivity (Wildman–Crippen MR) is 75.6 cm³/mol. The van der Waals surface area contributed by atoms with Gasteiger partial charge < -0.3 is 15.3 Å². The number of likely N-dealkylation sites (tertiary alicyclic amines) is 1. The van der Waals surface area contributed by atoms with E-state index >= 15 is 0 Å². The number of amides is 2. The molecule has 2 N–H and O–H groups in total. The Hall–Kier alpha value is -2.04. The number of hydrogen-bond acceptors (Lipinski definition) is 3. The Labute approximate surface area is 118 Å². The van der Waals surface area contributed by atoms with E-state index in [0.717, 1.165) is 25.9 Å². The maximum absolute atomic E-state index is 11.9. The van der Waals surface area contributed by atoms with E-state index in [-0.39, 0.29) is 23.1 Å². The van der Waals surface area contributed by atoms with Gasteiger partial charge in [0.05, 0.1) is 5.56 Å². The van der Waals surface area contributed by atoms with Gasteiger partial charge in [0.2, 0.25) is 5.91 Å². The van der Waals surface area contributed by atoms with E-state index in [0.29, 0.717) is 18.5 Å². The molecule has 1 aliphatic heterocycles. The van der Waals surface area contributed by atoms with Crippen molar-refractivity contribution in [2.24, 2.45) is 0 Å². The highest BCUT2D eigenvalue weighted by Gasteiger charge is 2.18. The summed E-state index contributed by atoms with van der Waals surface area (Å²) in [6, 6.07) is 5.03. The molecule has 2 amide bonds. The number of hydrogen-bond donors (Lipinski definition) is 2. The van der Waals surface area contributed by atoms with Gasteiger partial charge in [-0.1, -0.05) is 12.1 Å². The summed E-state index contributed by atoms with van der Waals surface area (Å²) in [4.78, 5) is 25.6. The third-order valence-electron chi connectivity index (χ3n) is 3.57. The summed E-state index contributed by atoms with van der Waals surface area (Å²) in [5.74, 6) is -0.271. The van der Waals surface area contributed by atoms with Crippen molar-refractivity contribution in [3.8, 4) is 5.75 Å². The van der Waals surface area contributed by atoms with E-state index in [1.54, 1.807) is 25.1 Å². The van der Waals surface area contributed by atoms with Crippen LogP contribution in [0.25, 0.3) is 0 Å². The molecule has 0 atom stereocenters. The lowest BCUT2D eigenvalue weighted by molar-refractivity contribution is -0.129. The maximum Gasteiger partial charge on any atom is 0.255 e. The van der Waals surface area contributed by atoms with E-state index in [4.69, 9.17) is 0 Å². The summed E-state index contributed by atoms with van der Waals surface area (Å²) in [5, 5.41) is 12.5. The Bertz CT molecular complexity index is 508. The van der Waals surface area contributed by atoms with E-state index in [1.165, 1.54) is 0 Å². The van der Waals surface area contributed by atoms with Gasteiger partial charge >= 0.3 is 0 Å². The number of aryl methyl sites for hydroxylation is 1. The van der Waals surface area contributed by atoms with Crippen LogP contribution in [0, 0.1) is 6.92 Å². The maximum atomic E-state index is 11.9. The number of rotatable bonds is 4. The van der Waals surface area contributed by atoms with Gasteiger partial charge in [0.1, 0.15) is 5.75 Å². The summed E-state index contributed by atoms with van der Waals surface area (Å²) in [7, 11) is 0. The third-order valence-corrected chi connectivity index (χ3v) is 3.57. The number of para-hydroxylation sites is 1. The molecule has 2 rings (SSSR count). The molecule has 1 heterocycles. The van der Waals surface area contributed by atoms with Crippen LogP contribution < -0.4 is 5.32 Å². The van der Waals surface area contributed by atoms with E-state index < -0.39 is 0 Å². The highest BCUT2D eigenvalue weighted by molar-refractivity contribution is 5.97. The van der Waals surface area contributed by atoms with Gasteiger partial charge in [-0.15, -0.1) is 0 Å². The number of phenolic OH excluding ortho intramolecular Hbond substituents is 1. The second-order valence-electron chi connectivity index (χ2n) is 5.06. The molecule has 0 unspecified atom stereocenters. The molecule has 1 aliphatic rings. The fraction of sp³-hybridized carbons (Fsp3) is 0.467. The predicted octanol–water partition coefficient (Wildman–Crippen LogP) is 1.44. The number of aromatic hydroxyl groups is 1. The molecule has 5 nitrogen and oxygen atoms in total. The van der Waals surface area contributed by atoms with E-state index in [2.05, 4.69) is 5.32 Å². The highest BCUT2D eigenvalue weighted by atomic mass is 16.3. The van der Waals surface area contributed by atoms with Crippen LogP contribution in [-0.2, 0) is 4.79 Å². The molecule has 1 aromatic rings. The standard InChI is InChI=1S/C15H20N2O3/c1-11-5-4-6-12(14(11)19)15(20)16-8-7-13(18)17-9-2-3-10-17/h4-6,19H,2-3,7-10H2,1H3,(H,16,20). The quantitative estimate of drug-likeness (QED) is 0.874. The Kier molecular flexibility index (Phi) is 4.61. The van der Waals surface area contributed by atoms with E-state index in [9.17, 15) is 14.7 Å². The summed E-state index contributed by atoms with van der Waals surface area (Å²) >= 11 is 0. The van der Waals surface area contributed by atoms with Crippen molar-refractivity contribution in [3.05, 3.63) is 29.3 Å². The zero-order valence-electron chi connectivity index (χ0n) is 11.7. The van der Waals surface area contributed by atoms with Crippen LogP contribution in [0.2, 0.25) is 0 Å². The minimum atomic E-state index is -0.347. The molecular weight excluding hydrogens is 256 g/mol. The van der Waals surface area contributed by atoms with Crippen LogP contribution in [0.4, 0.5) is 0 Å². The Morgan fingerprint density at radius 1 is 1.30 bits per heavy atom. The van der Waals surface area contributed by atoms with Gasteiger partial charge in [0.25, 0.3) is 5.91 Å². The molecule has 0 bridgehead atoms. The number of phenols is 1. The number of carbonyl (C=O) groups is 2. The molecule has 5 heteroatoms. The Morgan fingerprint density at radius 3 is 2.70 bits per heavy atom. The highest BCUT2D eigenvalue weighted by Crippen LogP contribution is 2.21. The summed E-state index contributed by atoms with van der Waals surface area (Å²) in [6.07, 6.45) is 2.43. The summed E-state index contributed by atoms with van der Waals surface area (Å²) < 4.78 is 0. The minimum Gasteiger partial charge on any atom is -0.507 e. The summed E-state index contributed by atoms with van der Waals surface area (Å²) in [5.41, 5.74) is 0.907. The zero-order valence-corrected chi connectivity index (χ0v) is 11.7. The lowest BCUT2D eigenvalue weighted by atomic mass is 10.1. The van der Waals surface area contributed by atoms with Crippen molar-refractivity contribution in [3.63, 3.8) is 0 Å². The molecular formula is C15H20N2O3. The molecule has 108 valence electrons. The zero-order chi connectivity index (χ0) is 14.5. The molecule has 1 fully saturated rings. The van der Waals surface area contributed by atoms with Gasteiger partial charge in [-0.25, -0.2) is 0 Å². The average Bonchev–Trinajstić information content (AvgIpc) is 2.95. The van der Waals surface area contributed by atoms with Crippen LogP contribution in [0.1, 0.15) is 35.2 Å². The lowest BCUT2D eigenvalue weighted by Crippen LogP contribution is -2.32. The van der Waals surface area contributed by atoms with Crippen molar-refractivity contribution in [2.45, 2.75) is 26.2 Å². The van der Waals surface area contributed by atoms with Crippen LogP contribution in [-0.4, -0.2) is 41.5 Å². The molecule has 0 radical (unpaired) electrons. The first-order chi connectivity index (χ1) is 9.59. The number of benzene rings is 1. The number of nitrogens with one attached hydrogen (secondary N) is 1. The average molecular weight is 276 g/mol. The van der Waals surface area contributed by atoms with Gasteiger partial charge in [-0.2, -0.15) is 0 Å². The first kappa shape index (κ1) is 14.4. The molecule has 0 saturated carbocycles. The monoisotopic (exact) mass is 276 g/mol. The number of nitrogens with zero attached hydrogens (tertiary/aromatic N) is 1. The molecule has 1 saturated heterocycles. The van der Waals surface area contributed by atoms with Gasteiger partial charge in [-0.05, 0) is 31.4 Å². The van der Waals surface area contributed by atoms with Crippen LogP contribution in [0.15, 0.2) is 18.2 Å². The first-order valence-corrected chi connectivity index (χ1v) is 6.94. The van der Waals surface area contributed by atoms with Gasteiger partial charge in [0.15, 0.2) is 0 Å². The van der Waals surface area contributed by atoms with E-state index in [1.807, 2.05) is 4.90 Å². The molecule has 0 spiro atoms. The van der Waals surface area contributed by atoms with Crippen LogP contribution >= 0.6 is 0 Å². The van der Waals surface area contributed by atoms with Crippen molar-refractivity contribution in [1.29, 1.82) is 0 Å². The second kappa shape index (κ2) is 6.41. The van der Waals surface area contributed by atoms with Crippen LogP contribution in [0.3, 0.4) is 0 Å². The minimum absolute atomic E-state index is 0.00382. The second-order valence-corrected chi connectivity index (χ2v) is 5.06. The van der Waals surface area contributed by atoms with Crippen LogP contribution in [0.5, 0.6) is 5.75 Å². The fourth-order valence-corrected chi connectivity index (χ4v) is 2.35. The summed E-state index contributed by atoms with van der Waals surface area (Å²) in [6.45, 7) is 3.68. The van der Waals surface area contributed by atoms with Crippen molar-refractivity contribution in [2.75, 3.05) is 19.6 Å². The Balaban J connectivity index is 1.83. The molecule has 0 aliphatic carbocycles. The van der Waals surface area contributed by atoms with Gasteiger partial charge in [0, 0.05) is 26.1 Å². The molecule has 0 aromatic heterocycles. The first-order valence-electron chi connectivity index (χ1n) is 6.94. The van der Waals surface area contributed by atoms with Gasteiger partial charge in [-0.3, -0.25) is 9.59 Å². The van der Waals surface area contributed by atoms with Crippen molar-refractivity contribution < 1.29 is 14.7 Å². The SMILES string of the molecule is Cc1cccc(C(=O)NCCC(=O)N2CCCC2)c1O. The van der Waals surface area contributed by atoms with Crippen molar-refractivity contribution in [1.82, 2.24) is 10.2 Å². The number of carbonyl (C=O) groups excluding carboxylic acids is 2. The van der Waals surface area contributed by atoms with Crippen molar-refractivity contribution >= 4 is 11.8 Å². The lowest BCUT2D eigenvalue weighted by Gasteiger charge is -2.15. The topological polar surface area (TPSA) is 69.6 Å². The largest absolute Gasteiger partial charge is 0.507 e. The molecule has 1 aromatic carbocycles. The fourth-order valence-electron chi connectivity index (χ4n) is 2.35. The Morgan fingerprint density at radius 2 is 2.00 bits per heavy atom. The molecule has 20 heavy (non-hydrogen) atoms.